The molecule has 1 unspecified atom stereocenters. The maximum atomic E-state index is 12.4. The predicted molar refractivity (Wildman–Crippen MR) is 102 cm³/mol. The Hall–Kier alpha value is -2.54. The highest BCUT2D eigenvalue weighted by molar-refractivity contribution is 7.90. The Labute approximate surface area is 159 Å². The number of benzene rings is 2. The van der Waals surface area contributed by atoms with Crippen LogP contribution in [0.4, 0.5) is 0 Å². The first-order valence-electron chi connectivity index (χ1n) is 8.81. The first kappa shape index (κ1) is 19.2. The van der Waals surface area contributed by atoms with Crippen molar-refractivity contribution in [1.29, 1.82) is 0 Å². The number of sulfone groups is 1. The van der Waals surface area contributed by atoms with Crippen molar-refractivity contribution in [2.45, 2.75) is 37.8 Å². The van der Waals surface area contributed by atoms with Crippen LogP contribution in [0.2, 0.25) is 0 Å². The third-order valence-corrected chi connectivity index (χ3v) is 5.49. The summed E-state index contributed by atoms with van der Waals surface area (Å²) >= 11 is 0. The number of carbonyl (C=O) groups excluding carboxylic acids is 1. The molecule has 0 saturated heterocycles. The largest absolute Gasteiger partial charge is 0.494 e. The van der Waals surface area contributed by atoms with Gasteiger partial charge in [-0.25, -0.2) is 8.42 Å². The SMILES string of the molecule is CCOc1cc2c(cc1CNC(=O)c1ccc(S(C)(=O)=O)cc1)OC(C)C2. The summed E-state index contributed by atoms with van der Waals surface area (Å²) in [4.78, 5) is 12.6. The molecule has 0 bridgehead atoms. The first-order chi connectivity index (χ1) is 12.8. The lowest BCUT2D eigenvalue weighted by Crippen LogP contribution is -2.23. The molecule has 3 rings (SSSR count). The molecule has 0 aromatic heterocycles. The summed E-state index contributed by atoms with van der Waals surface area (Å²) in [5, 5.41) is 2.85. The summed E-state index contributed by atoms with van der Waals surface area (Å²) in [6.07, 6.45) is 2.11. The van der Waals surface area contributed by atoms with E-state index in [1.165, 1.54) is 24.3 Å². The highest BCUT2D eigenvalue weighted by Gasteiger charge is 2.22. The van der Waals surface area contributed by atoms with Crippen LogP contribution < -0.4 is 14.8 Å². The molecule has 1 amide bonds. The van der Waals surface area contributed by atoms with Gasteiger partial charge in [-0.1, -0.05) is 0 Å². The van der Waals surface area contributed by atoms with Crippen LogP contribution in [0.1, 0.15) is 35.3 Å². The van der Waals surface area contributed by atoms with E-state index in [0.29, 0.717) is 12.2 Å². The minimum atomic E-state index is -3.29. The minimum Gasteiger partial charge on any atom is -0.494 e. The van der Waals surface area contributed by atoms with E-state index in [-0.39, 0.29) is 23.5 Å². The number of hydrogen-bond donors (Lipinski definition) is 1. The molecular weight excluding hydrogens is 366 g/mol. The smallest absolute Gasteiger partial charge is 0.251 e. The number of rotatable bonds is 6. The van der Waals surface area contributed by atoms with Crippen LogP contribution in [0.15, 0.2) is 41.3 Å². The van der Waals surface area contributed by atoms with Gasteiger partial charge in [0.1, 0.15) is 17.6 Å². The molecule has 1 N–H and O–H groups in total. The third kappa shape index (κ3) is 4.42. The first-order valence-corrected chi connectivity index (χ1v) is 10.7. The van der Waals surface area contributed by atoms with Gasteiger partial charge in [-0.3, -0.25) is 4.79 Å². The van der Waals surface area contributed by atoms with Crippen molar-refractivity contribution in [3.8, 4) is 11.5 Å². The van der Waals surface area contributed by atoms with Gasteiger partial charge in [0, 0.05) is 35.9 Å². The van der Waals surface area contributed by atoms with E-state index in [9.17, 15) is 13.2 Å². The molecule has 144 valence electrons. The van der Waals surface area contributed by atoms with Gasteiger partial charge in [0.15, 0.2) is 9.84 Å². The fourth-order valence-electron chi connectivity index (χ4n) is 3.04. The Morgan fingerprint density at radius 3 is 2.59 bits per heavy atom. The fraction of sp³-hybridized carbons (Fsp3) is 0.350. The summed E-state index contributed by atoms with van der Waals surface area (Å²) in [5.74, 6) is 1.28. The summed E-state index contributed by atoms with van der Waals surface area (Å²) in [6.45, 7) is 4.75. The van der Waals surface area contributed by atoms with E-state index in [1.54, 1.807) is 0 Å². The number of fused-ring (bicyclic) bond motifs is 1. The van der Waals surface area contributed by atoms with Gasteiger partial charge in [0.05, 0.1) is 11.5 Å². The molecule has 2 aromatic carbocycles. The van der Waals surface area contributed by atoms with Crippen LogP contribution in [-0.4, -0.2) is 33.3 Å². The van der Waals surface area contributed by atoms with Crippen molar-refractivity contribution in [2.75, 3.05) is 12.9 Å². The van der Waals surface area contributed by atoms with Crippen LogP contribution in [0.3, 0.4) is 0 Å². The Morgan fingerprint density at radius 2 is 1.96 bits per heavy atom. The molecular formula is C20H23NO5S. The molecule has 6 nitrogen and oxygen atoms in total. The van der Waals surface area contributed by atoms with Gasteiger partial charge in [-0.15, -0.1) is 0 Å². The average molecular weight is 389 g/mol. The van der Waals surface area contributed by atoms with Gasteiger partial charge in [-0.05, 0) is 50.2 Å². The zero-order valence-corrected chi connectivity index (χ0v) is 16.4. The van der Waals surface area contributed by atoms with Crippen molar-refractivity contribution in [3.63, 3.8) is 0 Å². The second-order valence-electron chi connectivity index (χ2n) is 6.61. The number of hydrogen-bond acceptors (Lipinski definition) is 5. The van der Waals surface area contributed by atoms with Gasteiger partial charge >= 0.3 is 0 Å². The second kappa shape index (κ2) is 7.60. The molecule has 0 saturated carbocycles. The summed E-state index contributed by atoms with van der Waals surface area (Å²) < 4.78 is 34.5. The van der Waals surface area contributed by atoms with Gasteiger partial charge in [-0.2, -0.15) is 0 Å². The molecule has 2 aromatic rings. The van der Waals surface area contributed by atoms with Crippen LogP contribution in [0.25, 0.3) is 0 Å². The van der Waals surface area contributed by atoms with E-state index in [1.807, 2.05) is 26.0 Å². The van der Waals surface area contributed by atoms with Crippen LogP contribution >= 0.6 is 0 Å². The summed E-state index contributed by atoms with van der Waals surface area (Å²) in [7, 11) is -3.29. The van der Waals surface area contributed by atoms with Gasteiger partial charge < -0.3 is 14.8 Å². The topological polar surface area (TPSA) is 81.7 Å². The molecule has 1 aliphatic heterocycles. The van der Waals surface area contributed by atoms with Crippen LogP contribution in [-0.2, 0) is 22.8 Å². The molecule has 0 spiro atoms. The Kier molecular flexibility index (Phi) is 5.41. The van der Waals surface area contributed by atoms with Crippen molar-refractivity contribution < 1.29 is 22.7 Å². The van der Waals surface area contributed by atoms with E-state index < -0.39 is 9.84 Å². The molecule has 1 atom stereocenters. The van der Waals surface area contributed by atoms with E-state index in [0.717, 1.165) is 35.3 Å². The fourth-order valence-corrected chi connectivity index (χ4v) is 3.67. The van der Waals surface area contributed by atoms with Crippen LogP contribution in [0.5, 0.6) is 11.5 Å². The molecule has 27 heavy (non-hydrogen) atoms. The molecule has 0 radical (unpaired) electrons. The molecule has 7 heteroatoms. The van der Waals surface area contributed by atoms with Gasteiger partial charge in [0.25, 0.3) is 5.91 Å². The van der Waals surface area contributed by atoms with Crippen molar-refractivity contribution in [1.82, 2.24) is 5.32 Å². The standard InChI is InChI=1S/C20H23NO5S/c1-4-25-18-10-15-9-13(2)26-19(15)11-16(18)12-21-20(22)14-5-7-17(8-6-14)27(3,23)24/h5-8,10-11,13H,4,9,12H2,1-3H3,(H,21,22). The molecule has 0 aliphatic carbocycles. The lowest BCUT2D eigenvalue weighted by atomic mass is 10.1. The molecule has 1 aliphatic rings. The number of ether oxygens (including phenoxy) is 2. The zero-order valence-electron chi connectivity index (χ0n) is 15.6. The van der Waals surface area contributed by atoms with E-state index in [4.69, 9.17) is 9.47 Å². The Balaban J connectivity index is 1.74. The molecule has 1 heterocycles. The van der Waals surface area contributed by atoms with Crippen LogP contribution in [0, 0.1) is 0 Å². The Bertz CT molecular complexity index is 951. The third-order valence-electron chi connectivity index (χ3n) is 4.36. The Morgan fingerprint density at radius 1 is 1.26 bits per heavy atom. The van der Waals surface area contributed by atoms with Crippen molar-refractivity contribution >= 4 is 15.7 Å². The maximum Gasteiger partial charge on any atom is 0.251 e. The summed E-state index contributed by atoms with van der Waals surface area (Å²) in [6, 6.07) is 9.76. The quantitative estimate of drug-likeness (QED) is 0.822. The monoisotopic (exact) mass is 389 g/mol. The normalized spacial score (nSPS) is 15.7. The van der Waals surface area contributed by atoms with Gasteiger partial charge in [0.2, 0.25) is 0 Å². The van der Waals surface area contributed by atoms with Crippen molar-refractivity contribution in [3.05, 3.63) is 53.1 Å². The predicted octanol–water partition coefficient (Wildman–Crippen LogP) is 2.74. The minimum absolute atomic E-state index is 0.132. The highest BCUT2D eigenvalue weighted by Crippen LogP contribution is 2.35. The number of amides is 1. The van der Waals surface area contributed by atoms with Crippen molar-refractivity contribution in [2.24, 2.45) is 0 Å². The molecule has 0 fully saturated rings. The average Bonchev–Trinajstić information content (AvgIpc) is 2.98. The summed E-state index contributed by atoms with van der Waals surface area (Å²) in [5.41, 5.74) is 2.34. The number of nitrogens with one attached hydrogen (secondary N) is 1. The van der Waals surface area contributed by atoms with E-state index in [2.05, 4.69) is 5.32 Å². The number of carbonyl (C=O) groups is 1. The lowest BCUT2D eigenvalue weighted by Gasteiger charge is -2.13. The maximum absolute atomic E-state index is 12.4. The zero-order chi connectivity index (χ0) is 19.6. The lowest BCUT2D eigenvalue weighted by molar-refractivity contribution is 0.0950. The second-order valence-corrected chi connectivity index (χ2v) is 8.63. The highest BCUT2D eigenvalue weighted by atomic mass is 32.2. The van der Waals surface area contributed by atoms with E-state index >= 15 is 0 Å².